The van der Waals surface area contributed by atoms with E-state index in [-0.39, 0.29) is 0 Å². The van der Waals surface area contributed by atoms with Crippen molar-refractivity contribution >= 4 is 110 Å². The standard InChI is InChI=1S/C20H14N4.C6H2Br4/c1-2-14-10-16-5-6-18(23-16)12-20-8-7-19(24-20)11-17-4-3-15(22-17)9-13(1)21-14;7-3-1-2-4(8)6(10)5(3)9/h1-12,21,24H;1-2H. The summed E-state index contributed by atoms with van der Waals surface area (Å²) in [7, 11) is 0. The van der Waals surface area contributed by atoms with Gasteiger partial charge in [0.15, 0.2) is 0 Å². The normalized spacial score (nSPS) is 11.9. The van der Waals surface area contributed by atoms with Crippen molar-refractivity contribution in [2.24, 2.45) is 0 Å². The van der Waals surface area contributed by atoms with Gasteiger partial charge in [0, 0.05) is 40.0 Å². The Labute approximate surface area is 229 Å². The fourth-order valence-corrected chi connectivity index (χ4v) is 5.33. The largest absolute Gasteiger partial charge is 0.355 e. The first kappa shape index (κ1) is 23.5. The molecule has 0 unspecified atom stereocenters. The van der Waals surface area contributed by atoms with Crippen LogP contribution in [0, 0.1) is 0 Å². The van der Waals surface area contributed by atoms with E-state index in [2.05, 4.69) is 108 Å². The summed E-state index contributed by atoms with van der Waals surface area (Å²) in [6.45, 7) is 0. The number of nitrogens with zero attached hydrogens (tertiary/aromatic N) is 2. The summed E-state index contributed by atoms with van der Waals surface area (Å²) in [6, 6.07) is 20.3. The van der Waals surface area contributed by atoms with Crippen LogP contribution in [0.2, 0.25) is 0 Å². The summed E-state index contributed by atoms with van der Waals surface area (Å²) < 4.78 is 4.15. The fourth-order valence-electron chi connectivity index (χ4n) is 3.45. The molecule has 0 saturated heterocycles. The van der Waals surface area contributed by atoms with Gasteiger partial charge in [0.1, 0.15) is 0 Å². The van der Waals surface area contributed by atoms with Gasteiger partial charge in [-0.3, -0.25) is 0 Å². The second kappa shape index (κ2) is 10.2. The van der Waals surface area contributed by atoms with Gasteiger partial charge >= 0.3 is 0 Å². The molecule has 0 spiro atoms. The Kier molecular flexibility index (Phi) is 7.01. The molecule has 8 heteroatoms. The highest BCUT2D eigenvalue weighted by Crippen LogP contribution is 2.36. The Hall–Kier alpha value is -2.26. The summed E-state index contributed by atoms with van der Waals surface area (Å²) >= 11 is 13.6. The van der Waals surface area contributed by atoms with Gasteiger partial charge in [-0.1, -0.05) is 0 Å². The van der Waals surface area contributed by atoms with Gasteiger partial charge in [0.05, 0.1) is 22.8 Å². The topological polar surface area (TPSA) is 57.4 Å². The van der Waals surface area contributed by atoms with E-state index in [1.165, 1.54) is 0 Å². The van der Waals surface area contributed by atoms with Crippen LogP contribution in [0.5, 0.6) is 0 Å². The summed E-state index contributed by atoms with van der Waals surface area (Å²) in [5.74, 6) is 0. The molecule has 1 aromatic carbocycles. The van der Waals surface area contributed by atoms with Crippen molar-refractivity contribution < 1.29 is 0 Å². The molecule has 0 radical (unpaired) electrons. The maximum Gasteiger partial charge on any atom is 0.0658 e. The number of rotatable bonds is 0. The molecular weight excluding hydrogens is 688 g/mol. The van der Waals surface area contributed by atoms with Gasteiger partial charge in [0.2, 0.25) is 0 Å². The molecule has 0 aliphatic carbocycles. The van der Waals surface area contributed by atoms with Crippen LogP contribution in [0.4, 0.5) is 0 Å². The average Bonchev–Trinajstić information content (AvgIpc) is 3.61. The third-order valence-electron chi connectivity index (χ3n) is 5.03. The van der Waals surface area contributed by atoms with Crippen LogP contribution in [0.1, 0.15) is 22.8 Å². The van der Waals surface area contributed by atoms with Gasteiger partial charge in [-0.2, -0.15) is 0 Å². The fraction of sp³-hybridized carbons (Fsp3) is 0. The Bertz CT molecular complexity index is 1410. The number of nitrogens with one attached hydrogen (secondary N) is 2. The van der Waals surface area contributed by atoms with Crippen molar-refractivity contribution in [2.75, 3.05) is 0 Å². The molecule has 0 saturated carbocycles. The van der Waals surface area contributed by atoms with Crippen LogP contribution < -0.4 is 0 Å². The molecule has 8 bridgehead atoms. The lowest BCUT2D eigenvalue weighted by Crippen LogP contribution is -1.75. The highest BCUT2D eigenvalue weighted by molar-refractivity contribution is 9.15. The lowest BCUT2D eigenvalue weighted by atomic mass is 10.3. The van der Waals surface area contributed by atoms with Gasteiger partial charge < -0.3 is 9.97 Å². The number of halogens is 4. The zero-order chi connectivity index (χ0) is 23.7. The van der Waals surface area contributed by atoms with Crippen molar-refractivity contribution in [3.8, 4) is 0 Å². The quantitative estimate of drug-likeness (QED) is 0.122. The van der Waals surface area contributed by atoms with Crippen LogP contribution in [-0.2, 0) is 0 Å². The zero-order valence-corrected chi connectivity index (χ0v) is 23.8. The van der Waals surface area contributed by atoms with Gasteiger partial charge in [0.25, 0.3) is 0 Å². The maximum absolute atomic E-state index is 4.63. The molecule has 168 valence electrons. The molecular formula is C26H16Br4N4. The van der Waals surface area contributed by atoms with E-state index in [0.717, 1.165) is 62.7 Å². The van der Waals surface area contributed by atoms with Crippen molar-refractivity contribution in [3.05, 3.63) is 101 Å². The number of fused-ring (bicyclic) bond motifs is 8. The van der Waals surface area contributed by atoms with E-state index >= 15 is 0 Å². The van der Waals surface area contributed by atoms with Crippen LogP contribution in [0.3, 0.4) is 0 Å². The van der Waals surface area contributed by atoms with Crippen LogP contribution in [0.15, 0.2) is 78.6 Å². The lowest BCUT2D eigenvalue weighted by Gasteiger charge is -2.00. The Morgan fingerprint density at radius 1 is 0.441 bits per heavy atom. The molecule has 4 nitrogen and oxygen atoms in total. The Balaban J connectivity index is 0.000000204. The molecule has 6 rings (SSSR count). The van der Waals surface area contributed by atoms with Crippen molar-refractivity contribution in [1.82, 2.24) is 19.9 Å². The number of H-pyrrole nitrogens is 2. The second-order valence-electron chi connectivity index (χ2n) is 7.56. The van der Waals surface area contributed by atoms with E-state index in [1.54, 1.807) is 0 Å². The number of hydrogen-bond donors (Lipinski definition) is 2. The third kappa shape index (κ3) is 5.51. The highest BCUT2D eigenvalue weighted by Gasteiger charge is 2.04. The van der Waals surface area contributed by atoms with Gasteiger partial charge in [-0.25, -0.2) is 9.97 Å². The van der Waals surface area contributed by atoms with Crippen LogP contribution in [0.25, 0.3) is 46.4 Å². The molecule has 0 amide bonds. The lowest BCUT2D eigenvalue weighted by molar-refractivity contribution is 1.31. The molecule has 0 fully saturated rings. The van der Waals surface area contributed by atoms with Crippen LogP contribution >= 0.6 is 63.7 Å². The maximum atomic E-state index is 4.63. The number of aromatic nitrogens is 4. The van der Waals surface area contributed by atoms with Crippen molar-refractivity contribution in [1.29, 1.82) is 0 Å². The highest BCUT2D eigenvalue weighted by atomic mass is 79.9. The van der Waals surface area contributed by atoms with E-state index < -0.39 is 0 Å². The van der Waals surface area contributed by atoms with E-state index in [4.69, 9.17) is 0 Å². The number of aromatic amines is 2. The first-order valence-electron chi connectivity index (χ1n) is 10.3. The minimum absolute atomic E-state index is 0.939. The van der Waals surface area contributed by atoms with Crippen molar-refractivity contribution in [3.63, 3.8) is 0 Å². The van der Waals surface area contributed by atoms with Gasteiger partial charge in [-0.15, -0.1) is 0 Å². The molecule has 34 heavy (non-hydrogen) atoms. The number of hydrogen-bond acceptors (Lipinski definition) is 2. The predicted molar refractivity (Wildman–Crippen MR) is 156 cm³/mol. The summed E-state index contributed by atoms with van der Waals surface area (Å²) in [5, 5.41) is 0. The first-order valence-corrected chi connectivity index (χ1v) is 13.4. The Morgan fingerprint density at radius 2 is 0.735 bits per heavy atom. The van der Waals surface area contributed by atoms with E-state index in [9.17, 15) is 0 Å². The first-order chi connectivity index (χ1) is 16.4. The summed E-state index contributed by atoms with van der Waals surface area (Å²) in [5.41, 5.74) is 7.86. The van der Waals surface area contributed by atoms with Crippen LogP contribution in [-0.4, -0.2) is 19.9 Å². The molecule has 2 N–H and O–H groups in total. The smallest absolute Gasteiger partial charge is 0.0658 e. The molecule has 2 aliphatic heterocycles. The molecule has 3 aromatic heterocycles. The molecule has 4 aromatic rings. The molecule has 0 atom stereocenters. The van der Waals surface area contributed by atoms with Crippen molar-refractivity contribution in [2.45, 2.75) is 0 Å². The summed E-state index contributed by atoms with van der Waals surface area (Å²) in [4.78, 5) is 16.0. The zero-order valence-electron chi connectivity index (χ0n) is 17.5. The molecule has 2 aliphatic rings. The van der Waals surface area contributed by atoms with E-state index in [0.29, 0.717) is 0 Å². The SMILES string of the molecule is Brc1ccc(Br)c(Br)c1Br.C1=Cc2cc3ccc(cc4nc(cc5ccc(cc1n2)[nH]5)C=C4)[nH]3. The minimum atomic E-state index is 0.939. The Morgan fingerprint density at radius 3 is 1.03 bits per heavy atom. The summed E-state index contributed by atoms with van der Waals surface area (Å²) in [6.07, 6.45) is 8.09. The van der Waals surface area contributed by atoms with Gasteiger partial charge in [-0.05, 0) is 149 Å². The number of benzene rings is 1. The third-order valence-corrected chi connectivity index (χ3v) is 9.60. The molecule has 5 heterocycles. The van der Waals surface area contributed by atoms with E-state index in [1.807, 2.05) is 60.7 Å². The monoisotopic (exact) mass is 700 g/mol. The predicted octanol–water partition coefficient (Wildman–Crippen LogP) is 9.39. The minimum Gasteiger partial charge on any atom is -0.355 e. The second-order valence-corrected chi connectivity index (χ2v) is 10.9. The average molecular weight is 704 g/mol.